The van der Waals surface area contributed by atoms with Gasteiger partial charge in [0.15, 0.2) is 0 Å². The number of alkyl halides is 1. The van der Waals surface area contributed by atoms with Gasteiger partial charge >= 0.3 is 0 Å². The van der Waals surface area contributed by atoms with Gasteiger partial charge in [-0.15, -0.1) is 11.6 Å². The van der Waals surface area contributed by atoms with E-state index in [1.165, 1.54) is 45.1 Å². The highest BCUT2D eigenvalue weighted by Gasteiger charge is 2.24. The lowest BCUT2D eigenvalue weighted by atomic mass is 9.92. The van der Waals surface area contributed by atoms with Crippen LogP contribution >= 0.6 is 11.6 Å². The molecule has 0 N–H and O–H groups in total. The van der Waals surface area contributed by atoms with E-state index in [9.17, 15) is 0 Å². The highest BCUT2D eigenvalue weighted by atomic mass is 35.5. The predicted molar refractivity (Wildman–Crippen MR) is 70.3 cm³/mol. The molecule has 0 radical (unpaired) electrons. The van der Waals surface area contributed by atoms with Gasteiger partial charge in [-0.05, 0) is 52.1 Å². The van der Waals surface area contributed by atoms with Gasteiger partial charge in [0, 0.05) is 19.0 Å². The molecular weight excluding hydrogens is 222 g/mol. The molecule has 0 aromatic rings. The fourth-order valence-electron chi connectivity index (χ4n) is 2.55. The smallest absolute Gasteiger partial charge is 0.0586 e. The minimum atomic E-state index is 0.490. The first-order valence-corrected chi connectivity index (χ1v) is 7.10. The Morgan fingerprint density at radius 1 is 1.25 bits per heavy atom. The van der Waals surface area contributed by atoms with Crippen LogP contribution in [0.5, 0.6) is 0 Å². The third-order valence-electron chi connectivity index (χ3n) is 3.70. The maximum Gasteiger partial charge on any atom is 0.0586 e. The number of methoxy groups -OCH3 is 1. The van der Waals surface area contributed by atoms with Crippen LogP contribution in [0.25, 0.3) is 0 Å². The summed E-state index contributed by atoms with van der Waals surface area (Å²) in [5.41, 5.74) is 0. The molecular formula is C13H26ClNO. The second-order valence-corrected chi connectivity index (χ2v) is 5.29. The van der Waals surface area contributed by atoms with Crippen molar-refractivity contribution in [3.63, 3.8) is 0 Å². The molecule has 2 unspecified atom stereocenters. The normalized spacial score (nSPS) is 26.2. The zero-order chi connectivity index (χ0) is 11.8. The lowest BCUT2D eigenvalue weighted by molar-refractivity contribution is 0.0343. The van der Waals surface area contributed by atoms with E-state index in [2.05, 4.69) is 11.9 Å². The monoisotopic (exact) mass is 247 g/mol. The molecule has 0 aromatic heterocycles. The Balaban J connectivity index is 2.16. The van der Waals surface area contributed by atoms with E-state index in [1.54, 1.807) is 0 Å². The van der Waals surface area contributed by atoms with Crippen LogP contribution in [0.4, 0.5) is 0 Å². The summed E-state index contributed by atoms with van der Waals surface area (Å²) < 4.78 is 5.47. The number of ether oxygens (including phenoxy) is 1. The SMILES string of the molecule is COC1CCCC(N(C)CCCCCCl)C1. The van der Waals surface area contributed by atoms with Gasteiger partial charge in [0.2, 0.25) is 0 Å². The van der Waals surface area contributed by atoms with Crippen LogP contribution in [0.3, 0.4) is 0 Å². The van der Waals surface area contributed by atoms with Crippen molar-refractivity contribution in [2.45, 2.75) is 57.1 Å². The number of nitrogens with zero attached hydrogens (tertiary/aromatic N) is 1. The molecule has 2 atom stereocenters. The lowest BCUT2D eigenvalue weighted by Crippen LogP contribution is -2.38. The molecule has 0 aliphatic heterocycles. The van der Waals surface area contributed by atoms with Crippen LogP contribution < -0.4 is 0 Å². The summed E-state index contributed by atoms with van der Waals surface area (Å²) in [4.78, 5) is 2.51. The van der Waals surface area contributed by atoms with E-state index < -0.39 is 0 Å². The zero-order valence-corrected chi connectivity index (χ0v) is 11.5. The first-order chi connectivity index (χ1) is 7.77. The second kappa shape index (κ2) is 8.32. The van der Waals surface area contributed by atoms with Crippen molar-refractivity contribution in [3.8, 4) is 0 Å². The van der Waals surface area contributed by atoms with Crippen LogP contribution in [0.1, 0.15) is 44.9 Å². The van der Waals surface area contributed by atoms with Gasteiger partial charge in [-0.3, -0.25) is 0 Å². The van der Waals surface area contributed by atoms with Gasteiger partial charge < -0.3 is 9.64 Å². The molecule has 1 saturated carbocycles. The Morgan fingerprint density at radius 3 is 2.75 bits per heavy atom. The summed E-state index contributed by atoms with van der Waals surface area (Å²) in [7, 11) is 4.09. The summed E-state index contributed by atoms with van der Waals surface area (Å²) in [5.74, 6) is 0.804. The third-order valence-corrected chi connectivity index (χ3v) is 3.97. The van der Waals surface area contributed by atoms with Gasteiger partial charge in [0.25, 0.3) is 0 Å². The topological polar surface area (TPSA) is 12.5 Å². The van der Waals surface area contributed by atoms with Crippen molar-refractivity contribution in [2.75, 3.05) is 26.6 Å². The van der Waals surface area contributed by atoms with Gasteiger partial charge in [0.05, 0.1) is 6.10 Å². The van der Waals surface area contributed by atoms with E-state index in [0.717, 1.165) is 18.3 Å². The van der Waals surface area contributed by atoms with Crippen LogP contribution in [0, 0.1) is 0 Å². The van der Waals surface area contributed by atoms with Gasteiger partial charge in [0.1, 0.15) is 0 Å². The van der Waals surface area contributed by atoms with Crippen molar-refractivity contribution in [3.05, 3.63) is 0 Å². The van der Waals surface area contributed by atoms with Crippen LogP contribution in [0.15, 0.2) is 0 Å². The van der Waals surface area contributed by atoms with Crippen molar-refractivity contribution >= 4 is 11.6 Å². The molecule has 0 saturated heterocycles. The Morgan fingerprint density at radius 2 is 2.06 bits per heavy atom. The first-order valence-electron chi connectivity index (χ1n) is 6.57. The van der Waals surface area contributed by atoms with Crippen molar-refractivity contribution < 1.29 is 4.74 Å². The van der Waals surface area contributed by atoms with E-state index >= 15 is 0 Å². The predicted octanol–water partition coefficient (Wildman–Crippen LogP) is 3.28. The molecule has 16 heavy (non-hydrogen) atoms. The summed E-state index contributed by atoms with van der Waals surface area (Å²) in [6.07, 6.45) is 9.28. The Hall–Kier alpha value is 0.210. The minimum absolute atomic E-state index is 0.490. The maximum atomic E-state index is 5.67. The van der Waals surface area contributed by atoms with Crippen LogP contribution in [-0.4, -0.2) is 43.6 Å². The van der Waals surface area contributed by atoms with Crippen molar-refractivity contribution in [1.82, 2.24) is 4.90 Å². The molecule has 0 bridgehead atoms. The molecule has 96 valence electrons. The lowest BCUT2D eigenvalue weighted by Gasteiger charge is -2.34. The maximum absolute atomic E-state index is 5.67. The molecule has 2 nitrogen and oxygen atoms in total. The number of hydrogen-bond acceptors (Lipinski definition) is 2. The first kappa shape index (κ1) is 14.3. The Kier molecular flexibility index (Phi) is 7.42. The molecule has 1 fully saturated rings. The van der Waals surface area contributed by atoms with Crippen molar-refractivity contribution in [1.29, 1.82) is 0 Å². The fraction of sp³-hybridized carbons (Fsp3) is 1.00. The highest BCUT2D eigenvalue weighted by molar-refractivity contribution is 6.17. The molecule has 0 amide bonds. The summed E-state index contributed by atoms with van der Waals surface area (Å²) >= 11 is 5.67. The third kappa shape index (κ3) is 5.03. The van der Waals surface area contributed by atoms with Gasteiger partial charge in [-0.1, -0.05) is 6.42 Å². The fourth-order valence-corrected chi connectivity index (χ4v) is 2.74. The summed E-state index contributed by atoms with van der Waals surface area (Å²) in [6.45, 7) is 1.21. The largest absolute Gasteiger partial charge is 0.381 e. The van der Waals surface area contributed by atoms with E-state index in [-0.39, 0.29) is 0 Å². The molecule has 0 aromatic carbocycles. The average molecular weight is 248 g/mol. The molecule has 1 rings (SSSR count). The highest BCUT2D eigenvalue weighted by Crippen LogP contribution is 2.24. The standard InChI is InChI=1S/C13H26ClNO/c1-15(10-5-3-4-9-14)12-7-6-8-13(11-12)16-2/h12-13H,3-11H2,1-2H3. The average Bonchev–Trinajstić information content (AvgIpc) is 2.34. The number of halogens is 1. The molecule has 1 aliphatic rings. The van der Waals surface area contributed by atoms with Crippen molar-refractivity contribution in [2.24, 2.45) is 0 Å². The zero-order valence-electron chi connectivity index (χ0n) is 10.8. The van der Waals surface area contributed by atoms with E-state index in [0.29, 0.717) is 6.10 Å². The van der Waals surface area contributed by atoms with Crippen LogP contribution in [0.2, 0.25) is 0 Å². The number of rotatable bonds is 7. The molecule has 1 aliphatic carbocycles. The molecule has 0 heterocycles. The Bertz CT molecular complexity index is 177. The summed E-state index contributed by atoms with van der Waals surface area (Å²) in [5, 5.41) is 0. The van der Waals surface area contributed by atoms with Crippen LogP contribution in [-0.2, 0) is 4.74 Å². The molecule has 0 spiro atoms. The molecule has 3 heteroatoms. The Labute approximate surface area is 105 Å². The van der Waals surface area contributed by atoms with Gasteiger partial charge in [-0.25, -0.2) is 0 Å². The number of hydrogen-bond donors (Lipinski definition) is 0. The summed E-state index contributed by atoms with van der Waals surface area (Å²) in [6, 6.07) is 0.731. The van der Waals surface area contributed by atoms with Gasteiger partial charge in [-0.2, -0.15) is 0 Å². The second-order valence-electron chi connectivity index (χ2n) is 4.91. The van der Waals surface area contributed by atoms with E-state index in [1.807, 2.05) is 7.11 Å². The minimum Gasteiger partial charge on any atom is -0.381 e. The quantitative estimate of drug-likeness (QED) is 0.506. The number of unbranched alkanes of at least 4 members (excludes halogenated alkanes) is 2. The van der Waals surface area contributed by atoms with E-state index in [4.69, 9.17) is 16.3 Å².